The van der Waals surface area contributed by atoms with Gasteiger partial charge >= 0.3 is 0 Å². The number of fused-ring (bicyclic) bond motifs is 1. The van der Waals surface area contributed by atoms with Gasteiger partial charge in [-0.3, -0.25) is 9.36 Å². The standard InChI is InChI=1S/C24H27N5O2S/c1-18(22(30)28-12-11-20-9-5-6-10-21(20)28)32-24-26-25-23(27-13-15-31-16-14-27)29(24)17-19-7-3-2-4-8-19/h2-10,18H,11-17H2,1H3/t18-/m0/s1. The lowest BCUT2D eigenvalue weighted by atomic mass is 10.2. The average molecular weight is 450 g/mol. The van der Waals surface area contributed by atoms with Crippen LogP contribution in [0.25, 0.3) is 0 Å². The normalized spacial score (nSPS) is 16.8. The van der Waals surface area contributed by atoms with Crippen molar-refractivity contribution in [3.63, 3.8) is 0 Å². The molecule has 2 aromatic carbocycles. The summed E-state index contributed by atoms with van der Waals surface area (Å²) < 4.78 is 7.65. The van der Waals surface area contributed by atoms with Crippen molar-refractivity contribution in [2.75, 3.05) is 42.6 Å². The Morgan fingerprint density at radius 2 is 1.78 bits per heavy atom. The molecule has 1 saturated heterocycles. The molecule has 3 aromatic rings. The molecule has 7 nitrogen and oxygen atoms in total. The Bertz CT molecular complexity index is 1080. The fourth-order valence-electron chi connectivity index (χ4n) is 4.26. The third-order valence-corrected chi connectivity index (χ3v) is 7.03. The van der Waals surface area contributed by atoms with Crippen molar-refractivity contribution in [3.05, 3.63) is 65.7 Å². The monoisotopic (exact) mass is 449 g/mol. The van der Waals surface area contributed by atoms with Gasteiger partial charge in [0.1, 0.15) is 0 Å². The largest absolute Gasteiger partial charge is 0.378 e. The number of para-hydroxylation sites is 1. The number of benzene rings is 2. The van der Waals surface area contributed by atoms with E-state index in [-0.39, 0.29) is 11.2 Å². The highest BCUT2D eigenvalue weighted by atomic mass is 32.2. The summed E-state index contributed by atoms with van der Waals surface area (Å²) in [6, 6.07) is 18.5. The average Bonchev–Trinajstić information content (AvgIpc) is 3.44. The fourth-order valence-corrected chi connectivity index (χ4v) is 5.17. The van der Waals surface area contributed by atoms with Crippen LogP contribution in [0.15, 0.2) is 59.8 Å². The summed E-state index contributed by atoms with van der Waals surface area (Å²) in [6.45, 7) is 6.31. The van der Waals surface area contributed by atoms with E-state index in [9.17, 15) is 4.79 Å². The summed E-state index contributed by atoms with van der Waals surface area (Å²) in [5.74, 6) is 0.952. The highest BCUT2D eigenvalue weighted by Crippen LogP contribution is 2.32. The van der Waals surface area contributed by atoms with E-state index in [0.29, 0.717) is 19.8 Å². The van der Waals surface area contributed by atoms with Gasteiger partial charge < -0.3 is 14.5 Å². The maximum Gasteiger partial charge on any atom is 0.240 e. The van der Waals surface area contributed by atoms with Gasteiger partial charge in [-0.1, -0.05) is 60.3 Å². The van der Waals surface area contributed by atoms with Gasteiger partial charge in [0.05, 0.1) is 25.0 Å². The molecule has 0 unspecified atom stereocenters. The van der Waals surface area contributed by atoms with Crippen molar-refractivity contribution in [1.82, 2.24) is 14.8 Å². The number of rotatable bonds is 6. The van der Waals surface area contributed by atoms with Crippen LogP contribution >= 0.6 is 11.8 Å². The van der Waals surface area contributed by atoms with Gasteiger partial charge in [-0.05, 0) is 30.5 Å². The van der Waals surface area contributed by atoms with Crippen LogP contribution in [0.2, 0.25) is 0 Å². The van der Waals surface area contributed by atoms with Gasteiger partial charge in [0, 0.05) is 25.3 Å². The van der Waals surface area contributed by atoms with Crippen LogP contribution in [0.5, 0.6) is 0 Å². The third-order valence-electron chi connectivity index (χ3n) is 5.96. The molecule has 5 rings (SSSR count). The van der Waals surface area contributed by atoms with Gasteiger partial charge in [-0.25, -0.2) is 0 Å². The maximum absolute atomic E-state index is 13.3. The Hall–Kier alpha value is -2.84. The molecule has 2 aliphatic rings. The highest BCUT2D eigenvalue weighted by molar-refractivity contribution is 8.00. The van der Waals surface area contributed by atoms with Crippen molar-refractivity contribution in [2.24, 2.45) is 0 Å². The van der Waals surface area contributed by atoms with E-state index in [2.05, 4.69) is 37.9 Å². The van der Waals surface area contributed by atoms with Crippen molar-refractivity contribution in [2.45, 2.75) is 30.3 Å². The smallest absolute Gasteiger partial charge is 0.240 e. The van der Waals surface area contributed by atoms with E-state index < -0.39 is 0 Å². The molecular formula is C24H27N5O2S. The molecule has 1 aromatic heterocycles. The summed E-state index contributed by atoms with van der Waals surface area (Å²) in [7, 11) is 0. The van der Waals surface area contributed by atoms with Crippen molar-refractivity contribution in [3.8, 4) is 0 Å². The lowest BCUT2D eigenvalue weighted by Gasteiger charge is -2.28. The molecule has 8 heteroatoms. The Kier molecular flexibility index (Phi) is 6.14. The van der Waals surface area contributed by atoms with Crippen LogP contribution in [0.3, 0.4) is 0 Å². The molecule has 166 valence electrons. The van der Waals surface area contributed by atoms with Crippen LogP contribution < -0.4 is 9.80 Å². The minimum Gasteiger partial charge on any atom is -0.378 e. The van der Waals surface area contributed by atoms with E-state index >= 15 is 0 Å². The molecule has 1 atom stereocenters. The molecule has 32 heavy (non-hydrogen) atoms. The third kappa shape index (κ3) is 4.25. The Labute approximate surface area is 192 Å². The number of morpholine rings is 1. The first-order chi connectivity index (χ1) is 15.7. The number of ether oxygens (including phenoxy) is 1. The van der Waals surface area contributed by atoms with Gasteiger partial charge in [0.15, 0.2) is 5.16 Å². The Morgan fingerprint density at radius 3 is 2.59 bits per heavy atom. The van der Waals surface area contributed by atoms with E-state index in [4.69, 9.17) is 4.74 Å². The zero-order chi connectivity index (χ0) is 21.9. The van der Waals surface area contributed by atoms with E-state index in [1.165, 1.54) is 22.9 Å². The molecule has 1 fully saturated rings. The number of amides is 1. The highest BCUT2D eigenvalue weighted by Gasteiger charge is 2.30. The first kappa shape index (κ1) is 21.0. The quantitative estimate of drug-likeness (QED) is 0.539. The molecule has 0 N–H and O–H groups in total. The first-order valence-electron chi connectivity index (χ1n) is 11.1. The van der Waals surface area contributed by atoms with Crippen LogP contribution in [0.1, 0.15) is 18.1 Å². The second-order valence-electron chi connectivity index (χ2n) is 8.08. The number of carbonyl (C=O) groups excluding carboxylic acids is 1. The van der Waals surface area contributed by atoms with Gasteiger partial charge in [-0.15, -0.1) is 10.2 Å². The second kappa shape index (κ2) is 9.34. The second-order valence-corrected chi connectivity index (χ2v) is 9.39. The summed E-state index contributed by atoms with van der Waals surface area (Å²) >= 11 is 1.48. The fraction of sp³-hybridized carbons (Fsp3) is 0.375. The van der Waals surface area contributed by atoms with E-state index in [1.54, 1.807) is 0 Å². The van der Waals surface area contributed by atoms with Gasteiger partial charge in [0.2, 0.25) is 11.9 Å². The zero-order valence-corrected chi connectivity index (χ0v) is 19.0. The molecule has 3 heterocycles. The number of nitrogens with zero attached hydrogens (tertiary/aromatic N) is 5. The Morgan fingerprint density at radius 1 is 1.03 bits per heavy atom. The molecule has 2 aliphatic heterocycles. The van der Waals surface area contributed by atoms with Crippen LogP contribution in [0, 0.1) is 0 Å². The predicted octanol–water partition coefficient (Wildman–Crippen LogP) is 3.23. The summed E-state index contributed by atoms with van der Waals surface area (Å²) in [4.78, 5) is 17.4. The lowest BCUT2D eigenvalue weighted by molar-refractivity contribution is -0.117. The topological polar surface area (TPSA) is 63.5 Å². The minimum absolute atomic E-state index is 0.113. The Balaban J connectivity index is 1.39. The van der Waals surface area contributed by atoms with E-state index in [1.807, 2.05) is 48.2 Å². The molecule has 1 amide bonds. The maximum atomic E-state index is 13.3. The molecule has 0 spiro atoms. The molecule has 0 radical (unpaired) electrons. The number of anilines is 2. The predicted molar refractivity (Wildman–Crippen MR) is 126 cm³/mol. The number of thioether (sulfide) groups is 1. The molecule has 0 saturated carbocycles. The van der Waals surface area contributed by atoms with Gasteiger partial charge in [0.25, 0.3) is 0 Å². The summed E-state index contributed by atoms with van der Waals surface area (Å²) in [5, 5.41) is 9.52. The van der Waals surface area contributed by atoms with Gasteiger partial charge in [-0.2, -0.15) is 0 Å². The minimum atomic E-state index is -0.266. The van der Waals surface area contributed by atoms with Crippen molar-refractivity contribution in [1.29, 1.82) is 0 Å². The number of carbonyl (C=O) groups is 1. The number of aromatic nitrogens is 3. The molecule has 0 bridgehead atoms. The van der Waals surface area contributed by atoms with Crippen LogP contribution in [-0.2, 0) is 22.5 Å². The molecule has 0 aliphatic carbocycles. The summed E-state index contributed by atoms with van der Waals surface area (Å²) in [5.41, 5.74) is 3.45. The molecular weight excluding hydrogens is 422 g/mol. The van der Waals surface area contributed by atoms with Crippen molar-refractivity contribution >= 4 is 29.3 Å². The van der Waals surface area contributed by atoms with Crippen molar-refractivity contribution < 1.29 is 9.53 Å². The lowest BCUT2D eigenvalue weighted by Crippen LogP contribution is -2.38. The number of hydrogen-bond donors (Lipinski definition) is 0. The first-order valence-corrected chi connectivity index (χ1v) is 11.9. The SMILES string of the molecule is C[C@H](Sc1nnc(N2CCOCC2)n1Cc1ccccc1)C(=O)N1CCc2ccccc21. The van der Waals surface area contributed by atoms with Crippen LogP contribution in [-0.4, -0.2) is 58.8 Å². The summed E-state index contributed by atoms with van der Waals surface area (Å²) in [6.07, 6.45) is 0.907. The van der Waals surface area contributed by atoms with E-state index in [0.717, 1.165) is 42.8 Å². The zero-order valence-electron chi connectivity index (χ0n) is 18.2. The van der Waals surface area contributed by atoms with Crippen LogP contribution in [0.4, 0.5) is 11.6 Å². The number of hydrogen-bond acceptors (Lipinski definition) is 6.